The summed E-state index contributed by atoms with van der Waals surface area (Å²) in [5.74, 6) is -0.160. The largest absolute Gasteiger partial charge is 0.335 e. The van der Waals surface area contributed by atoms with E-state index in [-0.39, 0.29) is 22.6 Å². The van der Waals surface area contributed by atoms with Crippen LogP contribution in [0.15, 0.2) is 66.0 Å². The molecule has 1 amide bonds. The van der Waals surface area contributed by atoms with Crippen LogP contribution in [0.25, 0.3) is 10.9 Å². The van der Waals surface area contributed by atoms with Crippen LogP contribution in [0.5, 0.6) is 0 Å². The maximum atomic E-state index is 13.2. The second kappa shape index (κ2) is 7.58. The monoisotopic (exact) mass is 452 g/mol. The van der Waals surface area contributed by atoms with Gasteiger partial charge >= 0.3 is 0 Å². The van der Waals surface area contributed by atoms with E-state index in [0.717, 1.165) is 33.6 Å². The quantitative estimate of drug-likeness (QED) is 0.462. The van der Waals surface area contributed by atoms with Crippen molar-refractivity contribution in [1.82, 2.24) is 18.8 Å². The van der Waals surface area contributed by atoms with E-state index in [0.29, 0.717) is 18.1 Å². The molecule has 31 heavy (non-hydrogen) atoms. The Bertz CT molecular complexity index is 1380. The molecule has 3 heterocycles. The molecule has 0 saturated heterocycles. The first-order valence-electron chi connectivity index (χ1n) is 9.87. The van der Waals surface area contributed by atoms with Gasteiger partial charge in [0.15, 0.2) is 9.84 Å². The molecule has 1 aliphatic heterocycles. The van der Waals surface area contributed by atoms with Gasteiger partial charge in [-0.25, -0.2) is 13.4 Å². The first-order chi connectivity index (χ1) is 14.9. The van der Waals surface area contributed by atoms with Crippen LogP contribution in [-0.4, -0.2) is 33.1 Å². The van der Waals surface area contributed by atoms with E-state index in [1.165, 1.54) is 6.33 Å². The van der Waals surface area contributed by atoms with Gasteiger partial charge in [0.05, 0.1) is 4.90 Å². The molecule has 9 heteroatoms. The van der Waals surface area contributed by atoms with Gasteiger partial charge in [-0.1, -0.05) is 24.3 Å². The van der Waals surface area contributed by atoms with Crippen molar-refractivity contribution in [1.29, 1.82) is 0 Å². The van der Waals surface area contributed by atoms with Crippen molar-refractivity contribution in [3.8, 4) is 0 Å². The average molecular weight is 453 g/mol. The van der Waals surface area contributed by atoms with Crippen molar-refractivity contribution in [2.45, 2.75) is 36.7 Å². The van der Waals surface area contributed by atoms with Gasteiger partial charge in [-0.05, 0) is 59.2 Å². The first-order valence-corrected chi connectivity index (χ1v) is 12.3. The van der Waals surface area contributed by atoms with Crippen LogP contribution in [0, 0.1) is 0 Å². The molecule has 0 aliphatic carbocycles. The lowest BCUT2D eigenvalue weighted by Gasteiger charge is -2.22. The second-order valence-electron chi connectivity index (χ2n) is 7.68. The summed E-state index contributed by atoms with van der Waals surface area (Å²) < 4.78 is 31.4. The summed E-state index contributed by atoms with van der Waals surface area (Å²) in [6, 6.07) is 14.7. The minimum atomic E-state index is -3.52. The molecule has 1 atom stereocenters. The highest BCUT2D eigenvalue weighted by molar-refractivity contribution is 7.90. The molecule has 158 valence electrons. The number of sulfone groups is 1. The van der Waals surface area contributed by atoms with Gasteiger partial charge in [-0.2, -0.15) is 4.37 Å². The van der Waals surface area contributed by atoms with E-state index < -0.39 is 9.84 Å². The minimum absolute atomic E-state index is 0.0100. The zero-order chi connectivity index (χ0) is 21.6. The molecule has 0 radical (unpaired) electrons. The Labute approximate surface area is 184 Å². The Morgan fingerprint density at radius 3 is 2.74 bits per heavy atom. The normalized spacial score (nSPS) is 14.7. The number of rotatable bonds is 5. The molecule has 0 N–H and O–H groups in total. The van der Waals surface area contributed by atoms with Crippen molar-refractivity contribution in [3.05, 3.63) is 77.2 Å². The van der Waals surface area contributed by atoms with Gasteiger partial charge < -0.3 is 9.47 Å². The van der Waals surface area contributed by atoms with Gasteiger partial charge in [-0.3, -0.25) is 4.79 Å². The summed E-state index contributed by atoms with van der Waals surface area (Å²) in [6.45, 7) is 2.78. The van der Waals surface area contributed by atoms with Crippen molar-refractivity contribution in [3.63, 3.8) is 0 Å². The van der Waals surface area contributed by atoms with E-state index in [9.17, 15) is 13.2 Å². The highest BCUT2D eigenvalue weighted by atomic mass is 32.2. The van der Waals surface area contributed by atoms with Crippen LogP contribution in [0.4, 0.5) is 0 Å². The molecule has 4 aromatic rings. The van der Waals surface area contributed by atoms with Gasteiger partial charge in [0, 0.05) is 24.8 Å². The SMILES string of the molecule is C[C@@H](C(=O)N1Cc2ccc(S(=O)(=O)Cc3ncns3)cc2C1)n1ccc2ccccc21. The Morgan fingerprint density at radius 1 is 1.13 bits per heavy atom. The molecule has 0 bridgehead atoms. The van der Waals surface area contributed by atoms with E-state index in [1.807, 2.05) is 54.1 Å². The highest BCUT2D eigenvalue weighted by Crippen LogP contribution is 2.30. The zero-order valence-electron chi connectivity index (χ0n) is 16.8. The summed E-state index contributed by atoms with van der Waals surface area (Å²) in [5.41, 5.74) is 2.87. The summed E-state index contributed by atoms with van der Waals surface area (Å²) >= 11 is 1.08. The summed E-state index contributed by atoms with van der Waals surface area (Å²) in [7, 11) is -3.52. The Kier molecular flexibility index (Phi) is 4.86. The van der Waals surface area contributed by atoms with Crippen molar-refractivity contribution < 1.29 is 13.2 Å². The third-order valence-corrected chi connectivity index (χ3v) is 8.16. The zero-order valence-corrected chi connectivity index (χ0v) is 18.4. The molecule has 0 spiro atoms. The maximum Gasteiger partial charge on any atom is 0.245 e. The maximum absolute atomic E-state index is 13.2. The second-order valence-corrected chi connectivity index (χ2v) is 10.5. The topological polar surface area (TPSA) is 85.2 Å². The number of nitrogens with zero attached hydrogens (tertiary/aromatic N) is 4. The molecule has 5 rings (SSSR count). The molecule has 7 nitrogen and oxygen atoms in total. The summed E-state index contributed by atoms with van der Waals surface area (Å²) in [4.78, 5) is 19.2. The molecule has 0 unspecified atom stereocenters. The first kappa shape index (κ1) is 19.9. The molecular formula is C22H20N4O3S2. The van der Waals surface area contributed by atoms with Crippen LogP contribution in [0.2, 0.25) is 0 Å². The van der Waals surface area contributed by atoms with Crippen LogP contribution in [0.3, 0.4) is 0 Å². The predicted octanol–water partition coefficient (Wildman–Crippen LogP) is 3.57. The van der Waals surface area contributed by atoms with Gasteiger partial charge in [0.1, 0.15) is 23.1 Å². The number of fused-ring (bicyclic) bond motifs is 2. The minimum Gasteiger partial charge on any atom is -0.335 e. The number of aromatic nitrogens is 3. The Balaban J connectivity index is 1.36. The number of amides is 1. The third-order valence-electron chi connectivity index (χ3n) is 5.70. The van der Waals surface area contributed by atoms with E-state index in [2.05, 4.69) is 9.36 Å². The van der Waals surface area contributed by atoms with Crippen LogP contribution in [0.1, 0.15) is 29.1 Å². The van der Waals surface area contributed by atoms with Crippen LogP contribution in [-0.2, 0) is 33.5 Å². The van der Waals surface area contributed by atoms with Crippen molar-refractivity contribution in [2.24, 2.45) is 0 Å². The number of para-hydroxylation sites is 1. The fourth-order valence-corrected chi connectivity index (χ4v) is 6.20. The standard InChI is InChI=1S/C22H20N4O3S2/c1-15(26-9-8-16-4-2-3-5-20(16)26)22(27)25-11-17-6-7-19(10-18(17)12-25)31(28,29)13-21-23-14-24-30-21/h2-10,14-15H,11-13H2,1H3/t15-/m0/s1. The third kappa shape index (κ3) is 3.64. The average Bonchev–Trinajstić information content (AvgIpc) is 3.50. The number of benzene rings is 2. The number of carbonyl (C=O) groups excluding carboxylic acids is 1. The van der Waals surface area contributed by atoms with Gasteiger partial charge in [0.25, 0.3) is 0 Å². The predicted molar refractivity (Wildman–Crippen MR) is 118 cm³/mol. The fourth-order valence-electron chi connectivity index (χ4n) is 4.05. The Morgan fingerprint density at radius 2 is 1.94 bits per heavy atom. The van der Waals surface area contributed by atoms with E-state index in [1.54, 1.807) is 17.0 Å². The fraction of sp³-hybridized carbons (Fsp3) is 0.227. The highest BCUT2D eigenvalue weighted by Gasteiger charge is 2.29. The van der Waals surface area contributed by atoms with Crippen molar-refractivity contribution >= 4 is 38.2 Å². The lowest BCUT2D eigenvalue weighted by molar-refractivity contribution is -0.134. The number of carbonyl (C=O) groups is 1. The molecule has 1 aliphatic rings. The van der Waals surface area contributed by atoms with Crippen LogP contribution < -0.4 is 0 Å². The molecular weight excluding hydrogens is 432 g/mol. The lowest BCUT2D eigenvalue weighted by atomic mass is 10.1. The lowest BCUT2D eigenvalue weighted by Crippen LogP contribution is -2.32. The van der Waals surface area contributed by atoms with Gasteiger partial charge in [0.2, 0.25) is 5.91 Å². The smallest absolute Gasteiger partial charge is 0.245 e. The van der Waals surface area contributed by atoms with Crippen molar-refractivity contribution in [2.75, 3.05) is 0 Å². The molecule has 0 fully saturated rings. The van der Waals surface area contributed by atoms with Gasteiger partial charge in [-0.15, -0.1) is 0 Å². The Hall–Kier alpha value is -3.04. The molecule has 2 aromatic heterocycles. The summed E-state index contributed by atoms with van der Waals surface area (Å²) in [6.07, 6.45) is 3.30. The number of hydrogen-bond acceptors (Lipinski definition) is 6. The van der Waals surface area contributed by atoms with E-state index in [4.69, 9.17) is 0 Å². The molecule has 0 saturated carbocycles. The number of hydrogen-bond donors (Lipinski definition) is 0. The van der Waals surface area contributed by atoms with Crippen LogP contribution >= 0.6 is 11.5 Å². The summed E-state index contributed by atoms with van der Waals surface area (Å²) in [5, 5.41) is 1.56. The van der Waals surface area contributed by atoms with E-state index >= 15 is 0 Å². The molecule has 2 aromatic carbocycles.